The van der Waals surface area contributed by atoms with E-state index < -0.39 is 17.6 Å². The Labute approximate surface area is 121 Å². The minimum absolute atomic E-state index is 0.181. The quantitative estimate of drug-likeness (QED) is 0.653. The highest BCUT2D eigenvalue weighted by Gasteiger charge is 2.22. The zero-order valence-corrected chi connectivity index (χ0v) is 13.1. The predicted octanol–water partition coefficient (Wildman–Crippen LogP) is 1.05. The Balaban J connectivity index is 3.78. The van der Waals surface area contributed by atoms with E-state index in [9.17, 15) is 9.59 Å². The largest absolute Gasteiger partial charge is 0.449 e. The Kier molecular flexibility index (Phi) is 8.71. The lowest BCUT2D eigenvalue weighted by atomic mass is 9.96. The summed E-state index contributed by atoms with van der Waals surface area (Å²) in [5, 5.41) is 5.04. The third kappa shape index (κ3) is 10.4. The number of ether oxygens (including phenoxy) is 2. The van der Waals surface area contributed by atoms with Crippen LogP contribution in [0.3, 0.4) is 0 Å². The van der Waals surface area contributed by atoms with E-state index in [0.717, 1.165) is 13.0 Å². The first-order chi connectivity index (χ1) is 9.26. The van der Waals surface area contributed by atoms with E-state index in [2.05, 4.69) is 10.6 Å². The average Bonchev–Trinajstić information content (AvgIpc) is 2.38. The van der Waals surface area contributed by atoms with Crippen LogP contribution in [0.15, 0.2) is 0 Å². The van der Waals surface area contributed by atoms with Crippen molar-refractivity contribution in [1.29, 1.82) is 0 Å². The molecule has 7 heteroatoms. The number of alkyl carbamates (subject to hydrolysis) is 2. The number of nitrogens with zero attached hydrogens (tertiary/aromatic N) is 1. The highest BCUT2D eigenvalue weighted by Crippen LogP contribution is 2.15. The van der Waals surface area contributed by atoms with Gasteiger partial charge < -0.3 is 25.0 Å². The van der Waals surface area contributed by atoms with E-state index in [0.29, 0.717) is 6.54 Å². The maximum atomic E-state index is 11.5. The molecule has 2 amide bonds. The van der Waals surface area contributed by atoms with Gasteiger partial charge in [-0.15, -0.1) is 0 Å². The van der Waals surface area contributed by atoms with Crippen molar-refractivity contribution in [3.05, 3.63) is 0 Å². The molecule has 0 unspecified atom stereocenters. The average molecular weight is 289 g/mol. The van der Waals surface area contributed by atoms with Gasteiger partial charge in [0.15, 0.2) is 0 Å². The Bertz CT molecular complexity index is 306. The second-order valence-corrected chi connectivity index (χ2v) is 5.65. The van der Waals surface area contributed by atoms with Crippen LogP contribution < -0.4 is 10.6 Å². The van der Waals surface area contributed by atoms with Crippen LogP contribution in [0.2, 0.25) is 0 Å². The minimum atomic E-state index is -0.494. The maximum Gasteiger partial charge on any atom is 0.407 e. The van der Waals surface area contributed by atoms with Crippen molar-refractivity contribution in [2.75, 3.05) is 47.4 Å². The van der Waals surface area contributed by atoms with Crippen molar-refractivity contribution in [2.45, 2.75) is 20.3 Å². The molecule has 0 rings (SSSR count). The predicted molar refractivity (Wildman–Crippen MR) is 76.7 cm³/mol. The zero-order chi connectivity index (χ0) is 15.6. The smallest absolute Gasteiger partial charge is 0.407 e. The van der Waals surface area contributed by atoms with Crippen molar-refractivity contribution in [1.82, 2.24) is 15.5 Å². The molecule has 0 saturated carbocycles. The third-order valence-electron chi connectivity index (χ3n) is 2.44. The summed E-state index contributed by atoms with van der Waals surface area (Å²) in [7, 11) is 5.45. The number of hydrogen-bond acceptors (Lipinski definition) is 5. The van der Waals surface area contributed by atoms with Gasteiger partial charge in [-0.25, -0.2) is 9.59 Å². The summed E-state index contributed by atoms with van der Waals surface area (Å²) in [5.41, 5.74) is -0.423. The Morgan fingerprint density at radius 1 is 1.10 bits per heavy atom. The number of carbonyl (C=O) groups excluding carboxylic acids is 2. The first-order valence-electron chi connectivity index (χ1n) is 6.67. The second kappa shape index (κ2) is 9.41. The molecule has 0 heterocycles. The molecule has 0 atom stereocenters. The molecule has 0 aliphatic carbocycles. The number of carbonyl (C=O) groups is 2. The maximum absolute atomic E-state index is 11.5. The zero-order valence-electron chi connectivity index (χ0n) is 13.1. The molecule has 0 aromatic heterocycles. The van der Waals surface area contributed by atoms with Gasteiger partial charge in [-0.1, -0.05) is 13.8 Å². The Morgan fingerprint density at radius 2 is 1.65 bits per heavy atom. The molecule has 0 aliphatic heterocycles. The van der Waals surface area contributed by atoms with Gasteiger partial charge >= 0.3 is 12.2 Å². The summed E-state index contributed by atoms with van der Waals surface area (Å²) in [6.07, 6.45) is -0.0753. The summed E-state index contributed by atoms with van der Waals surface area (Å²) >= 11 is 0. The van der Waals surface area contributed by atoms with Gasteiger partial charge in [-0.2, -0.15) is 0 Å². The molecule has 0 radical (unpaired) electrons. The van der Waals surface area contributed by atoms with Crippen LogP contribution in [0.4, 0.5) is 9.59 Å². The molecule has 0 bridgehead atoms. The molecular formula is C13H27N3O4. The van der Waals surface area contributed by atoms with Gasteiger partial charge in [-0.05, 0) is 27.1 Å². The molecular weight excluding hydrogens is 262 g/mol. The van der Waals surface area contributed by atoms with E-state index in [1.807, 2.05) is 32.8 Å². The van der Waals surface area contributed by atoms with E-state index in [1.165, 1.54) is 7.05 Å². The first-order valence-corrected chi connectivity index (χ1v) is 6.67. The van der Waals surface area contributed by atoms with Crippen LogP contribution in [-0.4, -0.2) is 64.5 Å². The molecule has 0 saturated heterocycles. The molecule has 0 aromatic rings. The summed E-state index contributed by atoms with van der Waals surface area (Å²) in [6.45, 7) is 5.56. The second-order valence-electron chi connectivity index (χ2n) is 5.65. The van der Waals surface area contributed by atoms with Gasteiger partial charge in [0, 0.05) is 19.0 Å². The fourth-order valence-corrected chi connectivity index (χ4v) is 1.27. The highest BCUT2D eigenvalue weighted by molar-refractivity contribution is 5.67. The van der Waals surface area contributed by atoms with Crippen molar-refractivity contribution < 1.29 is 19.1 Å². The molecule has 20 heavy (non-hydrogen) atoms. The van der Waals surface area contributed by atoms with Crippen LogP contribution in [0.25, 0.3) is 0 Å². The number of nitrogens with one attached hydrogen (secondary N) is 2. The number of hydrogen-bond donors (Lipinski definition) is 2. The van der Waals surface area contributed by atoms with Gasteiger partial charge in [-0.3, -0.25) is 0 Å². The summed E-state index contributed by atoms with van der Waals surface area (Å²) in [4.78, 5) is 24.5. The summed E-state index contributed by atoms with van der Waals surface area (Å²) in [6, 6.07) is 0. The van der Waals surface area contributed by atoms with Crippen molar-refractivity contribution >= 4 is 12.2 Å². The molecule has 118 valence electrons. The molecule has 0 spiro atoms. The standard InChI is InChI=1S/C13H27N3O4/c1-13(2,9-19-11(17)14-3)10-20-12(18)15-7-6-8-16(4)5/h6-10H2,1-5H3,(H,14,17)(H,15,18). The van der Waals surface area contributed by atoms with E-state index in [1.54, 1.807) is 0 Å². The van der Waals surface area contributed by atoms with Gasteiger partial charge in [0.25, 0.3) is 0 Å². The lowest BCUT2D eigenvalue weighted by Gasteiger charge is -2.23. The van der Waals surface area contributed by atoms with E-state index in [-0.39, 0.29) is 13.2 Å². The molecule has 0 fully saturated rings. The highest BCUT2D eigenvalue weighted by atomic mass is 16.6. The topological polar surface area (TPSA) is 79.9 Å². The van der Waals surface area contributed by atoms with E-state index >= 15 is 0 Å². The van der Waals surface area contributed by atoms with Crippen LogP contribution in [-0.2, 0) is 9.47 Å². The number of rotatable bonds is 8. The third-order valence-corrected chi connectivity index (χ3v) is 2.44. The monoisotopic (exact) mass is 289 g/mol. The SMILES string of the molecule is CNC(=O)OCC(C)(C)COC(=O)NCCCN(C)C. The normalized spacial score (nSPS) is 11.1. The summed E-state index contributed by atoms with van der Waals surface area (Å²) in [5.74, 6) is 0. The number of amides is 2. The van der Waals surface area contributed by atoms with Crippen molar-refractivity contribution in [2.24, 2.45) is 5.41 Å². The van der Waals surface area contributed by atoms with E-state index in [4.69, 9.17) is 9.47 Å². The lowest BCUT2D eigenvalue weighted by molar-refractivity contribution is 0.0472. The summed E-state index contributed by atoms with van der Waals surface area (Å²) < 4.78 is 10.1. The Morgan fingerprint density at radius 3 is 2.15 bits per heavy atom. The van der Waals surface area contributed by atoms with Crippen LogP contribution in [0.1, 0.15) is 20.3 Å². The fraction of sp³-hybridized carbons (Fsp3) is 0.846. The van der Waals surface area contributed by atoms with Crippen LogP contribution >= 0.6 is 0 Å². The first kappa shape index (κ1) is 18.5. The van der Waals surface area contributed by atoms with Gasteiger partial charge in [0.05, 0.1) is 0 Å². The van der Waals surface area contributed by atoms with Gasteiger partial charge in [0.1, 0.15) is 13.2 Å². The molecule has 0 aromatic carbocycles. The molecule has 7 nitrogen and oxygen atoms in total. The minimum Gasteiger partial charge on any atom is -0.449 e. The van der Waals surface area contributed by atoms with Crippen LogP contribution in [0, 0.1) is 5.41 Å². The molecule has 0 aliphatic rings. The lowest BCUT2D eigenvalue weighted by Crippen LogP contribution is -2.34. The van der Waals surface area contributed by atoms with Crippen molar-refractivity contribution in [3.8, 4) is 0 Å². The fourth-order valence-electron chi connectivity index (χ4n) is 1.27. The van der Waals surface area contributed by atoms with Crippen molar-refractivity contribution in [3.63, 3.8) is 0 Å². The van der Waals surface area contributed by atoms with Gasteiger partial charge in [0.2, 0.25) is 0 Å². The molecule has 2 N–H and O–H groups in total. The Hall–Kier alpha value is -1.50. The van der Waals surface area contributed by atoms with Crippen LogP contribution in [0.5, 0.6) is 0 Å².